The number of nitriles is 1. The summed E-state index contributed by atoms with van der Waals surface area (Å²) in [6.45, 7) is 2.90. The molecule has 8 nitrogen and oxygen atoms in total. The van der Waals surface area contributed by atoms with Gasteiger partial charge < -0.3 is 4.90 Å². The van der Waals surface area contributed by atoms with E-state index in [0.717, 1.165) is 17.4 Å². The van der Waals surface area contributed by atoms with E-state index in [-0.39, 0.29) is 29.0 Å². The smallest absolute Gasteiger partial charge is 0.337 e. The molecule has 35 heavy (non-hydrogen) atoms. The maximum absolute atomic E-state index is 13.8. The van der Waals surface area contributed by atoms with Crippen molar-refractivity contribution in [2.45, 2.75) is 26.3 Å². The fourth-order valence-corrected chi connectivity index (χ4v) is 4.61. The molecule has 0 bridgehead atoms. The molecule has 0 N–H and O–H groups in total. The Kier molecular flexibility index (Phi) is 5.75. The Balaban J connectivity index is 1.86. The number of pyridine rings is 1. The molecule has 2 aromatic carbocycles. The quantitative estimate of drug-likeness (QED) is 0.461. The molecule has 0 atom stereocenters. The molecule has 0 spiro atoms. The zero-order valence-corrected chi connectivity index (χ0v) is 19.3. The van der Waals surface area contributed by atoms with E-state index in [4.69, 9.17) is 0 Å². The van der Waals surface area contributed by atoms with Crippen molar-refractivity contribution in [1.82, 2.24) is 19.0 Å². The van der Waals surface area contributed by atoms with Crippen molar-refractivity contribution >= 4 is 16.9 Å². The molecule has 1 aliphatic rings. The van der Waals surface area contributed by atoms with Crippen LogP contribution in [0.15, 0.2) is 70.3 Å². The lowest BCUT2D eigenvalue weighted by molar-refractivity contribution is 0.0794. The van der Waals surface area contributed by atoms with E-state index in [1.807, 2.05) is 6.07 Å². The number of aromatic nitrogens is 3. The molecule has 174 valence electrons. The maximum Gasteiger partial charge on any atom is 0.337 e. The van der Waals surface area contributed by atoms with Gasteiger partial charge in [0.25, 0.3) is 11.5 Å². The normalized spacial score (nSPS) is 13.2. The third-order valence-electron chi connectivity index (χ3n) is 6.33. The van der Waals surface area contributed by atoms with Gasteiger partial charge in [0.2, 0.25) is 0 Å². The predicted molar refractivity (Wildman–Crippen MR) is 132 cm³/mol. The van der Waals surface area contributed by atoms with Crippen LogP contribution in [0.4, 0.5) is 0 Å². The fourth-order valence-electron chi connectivity index (χ4n) is 4.61. The average molecular weight is 466 g/mol. The number of aryl methyl sites for hydroxylation is 1. The second-order valence-corrected chi connectivity index (χ2v) is 8.62. The molecule has 0 aliphatic carbocycles. The van der Waals surface area contributed by atoms with E-state index in [9.17, 15) is 19.6 Å². The monoisotopic (exact) mass is 465 g/mol. The number of fused-ring (bicyclic) bond motifs is 1. The van der Waals surface area contributed by atoms with Crippen molar-refractivity contribution in [1.29, 1.82) is 5.26 Å². The van der Waals surface area contributed by atoms with E-state index in [1.165, 1.54) is 4.57 Å². The SMILES string of the molecule is Cc1cc(C(=O)N2CCCC2)c2c(=O)n(Cc3ccccc3C#N)c(=O)n(-c3ccccc3)c2n1. The van der Waals surface area contributed by atoms with Crippen LogP contribution in [0, 0.1) is 18.3 Å². The summed E-state index contributed by atoms with van der Waals surface area (Å²) in [4.78, 5) is 47.4. The van der Waals surface area contributed by atoms with Crippen LogP contribution in [0.3, 0.4) is 0 Å². The van der Waals surface area contributed by atoms with Crippen molar-refractivity contribution in [3.05, 3.63) is 104 Å². The number of benzene rings is 2. The van der Waals surface area contributed by atoms with Crippen LogP contribution in [0.1, 0.15) is 40.0 Å². The molecular weight excluding hydrogens is 442 g/mol. The Bertz CT molecular complexity index is 1610. The molecule has 1 saturated heterocycles. The lowest BCUT2D eigenvalue weighted by Gasteiger charge is -2.19. The Morgan fingerprint density at radius 3 is 2.43 bits per heavy atom. The Morgan fingerprint density at radius 1 is 1.03 bits per heavy atom. The summed E-state index contributed by atoms with van der Waals surface area (Å²) in [6.07, 6.45) is 1.83. The number of carbonyl (C=O) groups is 1. The van der Waals surface area contributed by atoms with E-state index in [1.54, 1.807) is 66.4 Å². The first kappa shape index (κ1) is 22.3. The standard InChI is InChI=1S/C27H23N5O3/c1-18-15-22(25(33)30-13-7-8-14-30)23-24(29-18)32(21-11-3-2-4-12-21)27(35)31(26(23)34)17-20-10-6-5-9-19(20)16-28/h2-6,9-12,15H,7-8,13-14,17H2,1H3. The van der Waals surface area contributed by atoms with Gasteiger partial charge in [-0.05, 0) is 49.6 Å². The van der Waals surface area contributed by atoms with E-state index in [2.05, 4.69) is 11.1 Å². The van der Waals surface area contributed by atoms with E-state index < -0.39 is 11.2 Å². The summed E-state index contributed by atoms with van der Waals surface area (Å²) in [6, 6.07) is 19.5. The average Bonchev–Trinajstić information content (AvgIpc) is 3.41. The number of nitrogens with zero attached hydrogens (tertiary/aromatic N) is 5. The van der Waals surface area contributed by atoms with Crippen molar-refractivity contribution in [2.75, 3.05) is 13.1 Å². The zero-order valence-electron chi connectivity index (χ0n) is 19.3. The molecule has 2 aromatic heterocycles. The molecule has 1 fully saturated rings. The summed E-state index contributed by atoms with van der Waals surface area (Å²) in [5.41, 5.74) is 1.20. The summed E-state index contributed by atoms with van der Waals surface area (Å²) < 4.78 is 2.46. The second kappa shape index (κ2) is 9.03. The van der Waals surface area contributed by atoms with Gasteiger partial charge in [-0.15, -0.1) is 0 Å². The van der Waals surface area contributed by atoms with Crippen molar-refractivity contribution in [3.63, 3.8) is 0 Å². The minimum atomic E-state index is -0.597. The van der Waals surface area contributed by atoms with Crippen LogP contribution in [0.5, 0.6) is 0 Å². The lowest BCUT2D eigenvalue weighted by Crippen LogP contribution is -2.41. The first-order valence-corrected chi connectivity index (χ1v) is 11.5. The summed E-state index contributed by atoms with van der Waals surface area (Å²) >= 11 is 0. The number of carbonyl (C=O) groups excluding carboxylic acids is 1. The number of hydrogen-bond acceptors (Lipinski definition) is 5. The number of rotatable bonds is 4. The third-order valence-corrected chi connectivity index (χ3v) is 6.33. The van der Waals surface area contributed by atoms with Crippen LogP contribution in [0.2, 0.25) is 0 Å². The molecule has 0 radical (unpaired) electrons. The van der Waals surface area contributed by atoms with Crippen LogP contribution in [0.25, 0.3) is 16.7 Å². The molecule has 0 saturated carbocycles. The van der Waals surface area contributed by atoms with Gasteiger partial charge in [-0.3, -0.25) is 14.2 Å². The van der Waals surface area contributed by atoms with Gasteiger partial charge in [0.05, 0.1) is 34.8 Å². The Morgan fingerprint density at radius 2 is 1.71 bits per heavy atom. The summed E-state index contributed by atoms with van der Waals surface area (Å²) in [5.74, 6) is -0.239. The summed E-state index contributed by atoms with van der Waals surface area (Å²) in [7, 11) is 0. The third kappa shape index (κ3) is 3.91. The molecule has 0 unspecified atom stereocenters. The van der Waals surface area contributed by atoms with Gasteiger partial charge in [0.15, 0.2) is 5.65 Å². The minimum absolute atomic E-state index is 0.102. The number of likely N-dealkylation sites (tertiary alicyclic amines) is 1. The van der Waals surface area contributed by atoms with E-state index in [0.29, 0.717) is 35.6 Å². The second-order valence-electron chi connectivity index (χ2n) is 8.62. The molecule has 1 amide bonds. The molecular formula is C27H23N5O3. The molecule has 5 rings (SSSR count). The van der Waals surface area contributed by atoms with Crippen LogP contribution < -0.4 is 11.2 Å². The minimum Gasteiger partial charge on any atom is -0.339 e. The Hall–Kier alpha value is -4.51. The molecule has 4 aromatic rings. The fraction of sp³-hybridized carbons (Fsp3) is 0.222. The highest BCUT2D eigenvalue weighted by atomic mass is 16.2. The highest BCUT2D eigenvalue weighted by Gasteiger charge is 2.26. The molecule has 3 heterocycles. The van der Waals surface area contributed by atoms with Crippen LogP contribution in [-0.4, -0.2) is 38.0 Å². The van der Waals surface area contributed by atoms with Gasteiger partial charge in [0, 0.05) is 18.8 Å². The van der Waals surface area contributed by atoms with Gasteiger partial charge in [0.1, 0.15) is 0 Å². The predicted octanol–water partition coefficient (Wildman–Crippen LogP) is 3.01. The topological polar surface area (TPSA) is 101 Å². The Labute approximate surface area is 201 Å². The van der Waals surface area contributed by atoms with Crippen molar-refractivity contribution in [2.24, 2.45) is 0 Å². The molecule has 8 heteroatoms. The molecule has 1 aliphatic heterocycles. The largest absolute Gasteiger partial charge is 0.339 e. The van der Waals surface area contributed by atoms with Gasteiger partial charge >= 0.3 is 5.69 Å². The highest BCUT2D eigenvalue weighted by molar-refractivity contribution is 6.05. The summed E-state index contributed by atoms with van der Waals surface area (Å²) in [5, 5.41) is 9.63. The first-order chi connectivity index (χ1) is 17.0. The first-order valence-electron chi connectivity index (χ1n) is 11.5. The van der Waals surface area contributed by atoms with E-state index >= 15 is 0 Å². The van der Waals surface area contributed by atoms with Crippen LogP contribution in [-0.2, 0) is 6.54 Å². The number of hydrogen-bond donors (Lipinski definition) is 0. The maximum atomic E-state index is 13.8. The van der Waals surface area contributed by atoms with Gasteiger partial charge in [-0.2, -0.15) is 5.26 Å². The van der Waals surface area contributed by atoms with Crippen molar-refractivity contribution in [3.8, 4) is 11.8 Å². The highest BCUT2D eigenvalue weighted by Crippen LogP contribution is 2.21. The number of para-hydroxylation sites is 1. The number of amides is 1. The van der Waals surface area contributed by atoms with Crippen LogP contribution >= 0.6 is 0 Å². The van der Waals surface area contributed by atoms with Gasteiger partial charge in [-0.25, -0.2) is 14.3 Å². The van der Waals surface area contributed by atoms with Crippen molar-refractivity contribution < 1.29 is 4.79 Å². The zero-order chi connectivity index (χ0) is 24.5. The van der Waals surface area contributed by atoms with Gasteiger partial charge in [-0.1, -0.05) is 36.4 Å². The lowest BCUT2D eigenvalue weighted by atomic mass is 10.1.